The standard InChI is InChI=1S/C17H25NO4/c1-4-18(10-9-17(20)21)16(19)11-14-5-7-15(8-6-14)22-12-13(2)3/h5-8,13H,4,9-12H2,1-3H3,(H,20,21). The molecule has 0 saturated heterocycles. The third kappa shape index (κ3) is 6.61. The van der Waals surface area contributed by atoms with Crippen molar-refractivity contribution in [2.24, 2.45) is 5.92 Å². The first-order valence-electron chi connectivity index (χ1n) is 7.63. The van der Waals surface area contributed by atoms with Gasteiger partial charge in [-0.3, -0.25) is 9.59 Å². The molecule has 122 valence electrons. The number of benzene rings is 1. The molecular formula is C17H25NO4. The molecule has 0 aromatic heterocycles. The minimum absolute atomic E-state index is 0.0262. The molecule has 0 spiro atoms. The quantitative estimate of drug-likeness (QED) is 0.761. The molecule has 0 unspecified atom stereocenters. The molecule has 1 rings (SSSR count). The molecule has 1 aromatic carbocycles. The van der Waals surface area contributed by atoms with E-state index in [4.69, 9.17) is 9.84 Å². The van der Waals surface area contributed by atoms with Gasteiger partial charge in [-0.25, -0.2) is 0 Å². The van der Waals surface area contributed by atoms with Gasteiger partial charge in [-0.15, -0.1) is 0 Å². The molecule has 0 atom stereocenters. The second-order valence-corrected chi connectivity index (χ2v) is 5.64. The lowest BCUT2D eigenvalue weighted by Gasteiger charge is -2.20. The highest BCUT2D eigenvalue weighted by atomic mass is 16.5. The summed E-state index contributed by atoms with van der Waals surface area (Å²) in [6, 6.07) is 7.47. The van der Waals surface area contributed by atoms with E-state index < -0.39 is 5.97 Å². The van der Waals surface area contributed by atoms with Crippen LogP contribution in [0.1, 0.15) is 32.8 Å². The number of carbonyl (C=O) groups excluding carboxylic acids is 1. The number of ether oxygens (including phenoxy) is 1. The Morgan fingerprint density at radius 3 is 2.36 bits per heavy atom. The lowest BCUT2D eigenvalue weighted by atomic mass is 10.1. The molecule has 0 heterocycles. The van der Waals surface area contributed by atoms with Crippen molar-refractivity contribution in [1.29, 1.82) is 0 Å². The summed E-state index contributed by atoms with van der Waals surface area (Å²) in [5.74, 6) is 0.314. The maximum Gasteiger partial charge on any atom is 0.305 e. The highest BCUT2D eigenvalue weighted by Crippen LogP contribution is 2.14. The zero-order valence-corrected chi connectivity index (χ0v) is 13.5. The van der Waals surface area contributed by atoms with Crippen molar-refractivity contribution in [3.8, 4) is 5.75 Å². The van der Waals surface area contributed by atoms with Crippen molar-refractivity contribution in [1.82, 2.24) is 4.90 Å². The predicted molar refractivity (Wildman–Crippen MR) is 85.0 cm³/mol. The van der Waals surface area contributed by atoms with E-state index in [1.54, 1.807) is 4.90 Å². The molecule has 1 amide bonds. The summed E-state index contributed by atoms with van der Waals surface area (Å²) in [7, 11) is 0. The molecule has 0 aliphatic heterocycles. The smallest absolute Gasteiger partial charge is 0.305 e. The van der Waals surface area contributed by atoms with Crippen molar-refractivity contribution in [3.05, 3.63) is 29.8 Å². The lowest BCUT2D eigenvalue weighted by molar-refractivity contribution is -0.138. The Bertz CT molecular complexity index is 482. The van der Waals surface area contributed by atoms with Gasteiger partial charge in [0.2, 0.25) is 5.91 Å². The van der Waals surface area contributed by atoms with Crippen molar-refractivity contribution in [3.63, 3.8) is 0 Å². The maximum absolute atomic E-state index is 12.2. The molecule has 1 N–H and O–H groups in total. The molecule has 0 aliphatic carbocycles. The first kappa shape index (κ1) is 18.0. The summed E-state index contributed by atoms with van der Waals surface area (Å²) in [6.07, 6.45) is 0.249. The van der Waals surface area contributed by atoms with Gasteiger partial charge in [-0.1, -0.05) is 26.0 Å². The number of hydrogen-bond acceptors (Lipinski definition) is 3. The predicted octanol–water partition coefficient (Wildman–Crippen LogP) is 2.59. The van der Waals surface area contributed by atoms with Gasteiger partial charge in [0.1, 0.15) is 5.75 Å². The largest absolute Gasteiger partial charge is 0.493 e. The minimum atomic E-state index is -0.891. The van der Waals surface area contributed by atoms with Crippen LogP contribution in [0.2, 0.25) is 0 Å². The first-order valence-corrected chi connectivity index (χ1v) is 7.63. The monoisotopic (exact) mass is 307 g/mol. The molecule has 1 aromatic rings. The molecule has 5 heteroatoms. The Morgan fingerprint density at radius 2 is 1.86 bits per heavy atom. The van der Waals surface area contributed by atoms with Gasteiger partial charge in [-0.05, 0) is 30.5 Å². The third-order valence-electron chi connectivity index (χ3n) is 3.19. The van der Waals surface area contributed by atoms with Crippen LogP contribution in [0.15, 0.2) is 24.3 Å². The lowest BCUT2D eigenvalue weighted by Crippen LogP contribution is -2.34. The molecule has 5 nitrogen and oxygen atoms in total. The summed E-state index contributed by atoms with van der Waals surface area (Å²) in [5.41, 5.74) is 0.899. The molecule has 0 bridgehead atoms. The molecule has 0 saturated carbocycles. The van der Waals surface area contributed by atoms with Crippen LogP contribution in [0.25, 0.3) is 0 Å². The van der Waals surface area contributed by atoms with Crippen LogP contribution in [-0.4, -0.2) is 41.6 Å². The second-order valence-electron chi connectivity index (χ2n) is 5.64. The van der Waals surface area contributed by atoms with E-state index in [-0.39, 0.29) is 25.3 Å². The van der Waals surface area contributed by atoms with E-state index in [9.17, 15) is 9.59 Å². The topological polar surface area (TPSA) is 66.8 Å². The Kier molecular flexibility index (Phi) is 7.43. The Labute approximate surface area is 131 Å². The van der Waals surface area contributed by atoms with Crippen LogP contribution in [0.5, 0.6) is 5.75 Å². The average Bonchev–Trinajstić information content (AvgIpc) is 2.46. The number of carboxylic acid groups (broad SMARTS) is 1. The van der Waals surface area contributed by atoms with Gasteiger partial charge >= 0.3 is 5.97 Å². The highest BCUT2D eigenvalue weighted by molar-refractivity contribution is 5.79. The number of carbonyl (C=O) groups is 2. The second kappa shape index (κ2) is 9.07. The summed E-state index contributed by atoms with van der Waals surface area (Å²) in [4.78, 5) is 24.3. The van der Waals surface area contributed by atoms with Crippen LogP contribution in [-0.2, 0) is 16.0 Å². The van der Waals surface area contributed by atoms with Crippen molar-refractivity contribution in [2.75, 3.05) is 19.7 Å². The number of rotatable bonds is 9. The van der Waals surface area contributed by atoms with Crippen LogP contribution in [0.4, 0.5) is 0 Å². The number of aliphatic carboxylic acids is 1. The zero-order chi connectivity index (χ0) is 16.5. The van der Waals surface area contributed by atoms with Crippen LogP contribution >= 0.6 is 0 Å². The van der Waals surface area contributed by atoms with E-state index in [1.165, 1.54) is 0 Å². The van der Waals surface area contributed by atoms with Crippen molar-refractivity contribution in [2.45, 2.75) is 33.6 Å². The average molecular weight is 307 g/mol. The van der Waals surface area contributed by atoms with E-state index in [2.05, 4.69) is 13.8 Å². The van der Waals surface area contributed by atoms with E-state index in [1.807, 2.05) is 31.2 Å². The van der Waals surface area contributed by atoms with Crippen molar-refractivity contribution < 1.29 is 19.4 Å². The van der Waals surface area contributed by atoms with Gasteiger partial charge in [0.25, 0.3) is 0 Å². The summed E-state index contributed by atoms with van der Waals surface area (Å²) < 4.78 is 5.60. The highest BCUT2D eigenvalue weighted by Gasteiger charge is 2.13. The van der Waals surface area contributed by atoms with Crippen LogP contribution in [0, 0.1) is 5.92 Å². The summed E-state index contributed by atoms with van der Waals surface area (Å²) in [5, 5.41) is 8.70. The third-order valence-corrected chi connectivity index (χ3v) is 3.19. The maximum atomic E-state index is 12.2. The minimum Gasteiger partial charge on any atom is -0.493 e. The van der Waals surface area contributed by atoms with Crippen LogP contribution < -0.4 is 4.74 Å². The Balaban J connectivity index is 2.54. The number of likely N-dealkylation sites (N-methyl/N-ethyl adjacent to an activating group) is 1. The summed E-state index contributed by atoms with van der Waals surface area (Å²) >= 11 is 0. The number of amides is 1. The summed E-state index contributed by atoms with van der Waals surface area (Å²) in [6.45, 7) is 7.45. The van der Waals surface area contributed by atoms with E-state index >= 15 is 0 Å². The van der Waals surface area contributed by atoms with Gasteiger partial charge in [0, 0.05) is 13.1 Å². The fourth-order valence-electron chi connectivity index (χ4n) is 1.94. The van der Waals surface area contributed by atoms with Crippen molar-refractivity contribution >= 4 is 11.9 Å². The van der Waals surface area contributed by atoms with Gasteiger partial charge in [-0.2, -0.15) is 0 Å². The molecule has 0 radical (unpaired) electrons. The number of hydrogen-bond donors (Lipinski definition) is 1. The molecule has 22 heavy (non-hydrogen) atoms. The fourth-order valence-corrected chi connectivity index (χ4v) is 1.94. The van der Waals surface area contributed by atoms with E-state index in [0.29, 0.717) is 19.1 Å². The zero-order valence-electron chi connectivity index (χ0n) is 13.5. The van der Waals surface area contributed by atoms with Crippen LogP contribution in [0.3, 0.4) is 0 Å². The molecular weight excluding hydrogens is 282 g/mol. The Hall–Kier alpha value is -2.04. The number of nitrogens with zero attached hydrogens (tertiary/aromatic N) is 1. The molecule has 0 fully saturated rings. The molecule has 0 aliphatic rings. The van der Waals surface area contributed by atoms with Gasteiger partial charge in [0.05, 0.1) is 19.4 Å². The van der Waals surface area contributed by atoms with Gasteiger partial charge in [0.15, 0.2) is 0 Å². The van der Waals surface area contributed by atoms with E-state index in [0.717, 1.165) is 11.3 Å². The number of carboxylic acids is 1. The fraction of sp³-hybridized carbons (Fsp3) is 0.529. The first-order chi connectivity index (χ1) is 10.4. The SMILES string of the molecule is CCN(CCC(=O)O)C(=O)Cc1ccc(OCC(C)C)cc1. The normalized spacial score (nSPS) is 10.5. The van der Waals surface area contributed by atoms with Gasteiger partial charge < -0.3 is 14.7 Å². The Morgan fingerprint density at radius 1 is 1.23 bits per heavy atom.